The van der Waals surface area contributed by atoms with Gasteiger partial charge in [0.15, 0.2) is 0 Å². The molecule has 0 aliphatic heterocycles. The molecule has 0 bridgehead atoms. The van der Waals surface area contributed by atoms with Crippen molar-refractivity contribution in [3.63, 3.8) is 0 Å². The maximum Gasteiger partial charge on any atom is 0.484 e. The van der Waals surface area contributed by atoms with Crippen LogP contribution in [0.2, 0.25) is 18.1 Å². The van der Waals surface area contributed by atoms with Crippen molar-refractivity contribution in [2.75, 3.05) is 33.9 Å². The van der Waals surface area contributed by atoms with E-state index >= 15 is 0 Å². The zero-order valence-electron chi connectivity index (χ0n) is 15.0. The lowest BCUT2D eigenvalue weighted by Crippen LogP contribution is -2.47. The van der Waals surface area contributed by atoms with E-state index in [0.717, 1.165) is 0 Å². The highest BCUT2D eigenvalue weighted by molar-refractivity contribution is 6.76. The van der Waals surface area contributed by atoms with Crippen LogP contribution in [0.1, 0.15) is 41.5 Å². The van der Waals surface area contributed by atoms with Crippen LogP contribution in [-0.4, -0.2) is 56.2 Å². The minimum atomic E-state index is -1.73. The molecule has 0 aliphatic rings. The minimum Gasteiger partial charge on any atom is -0.376 e. The van der Waals surface area contributed by atoms with E-state index in [1.165, 1.54) is 18.1 Å². The second-order valence-corrected chi connectivity index (χ2v) is 11.9. The van der Waals surface area contributed by atoms with E-state index in [0.29, 0.717) is 19.8 Å². The fraction of sp³-hybridized carbons (Fsp3) is 1.00. The lowest BCUT2D eigenvalue weighted by molar-refractivity contribution is 0.107. The third-order valence-corrected chi connectivity index (χ3v) is 11.5. The zero-order chi connectivity index (χ0) is 16.0. The molecule has 6 heteroatoms. The first-order valence-electron chi connectivity index (χ1n) is 7.99. The van der Waals surface area contributed by atoms with E-state index < -0.39 is 17.8 Å². The highest BCUT2D eigenvalue weighted by Gasteiger charge is 2.28. The summed E-state index contributed by atoms with van der Waals surface area (Å²) in [6.45, 7) is 14.9. The summed E-state index contributed by atoms with van der Waals surface area (Å²) in [5.74, 6) is 0. The molecule has 0 spiro atoms. The second kappa shape index (κ2) is 14.2. The van der Waals surface area contributed by atoms with Gasteiger partial charge in [0, 0.05) is 19.8 Å². The van der Waals surface area contributed by atoms with E-state index in [-0.39, 0.29) is 0 Å². The van der Waals surface area contributed by atoms with Crippen LogP contribution in [0.4, 0.5) is 0 Å². The summed E-state index contributed by atoms with van der Waals surface area (Å²) in [6.07, 6.45) is 0. The Kier molecular flexibility index (Phi) is 16.0. The van der Waals surface area contributed by atoms with Crippen LogP contribution < -0.4 is 0 Å². The van der Waals surface area contributed by atoms with Crippen LogP contribution in [-0.2, 0) is 13.3 Å². The van der Waals surface area contributed by atoms with Crippen molar-refractivity contribution in [2.24, 2.45) is 0 Å². The maximum atomic E-state index is 5.22. The largest absolute Gasteiger partial charge is 0.484 e. The molecule has 0 rings (SSSR count). The van der Waals surface area contributed by atoms with Gasteiger partial charge in [-0.15, -0.1) is 0 Å². The second-order valence-electron chi connectivity index (χ2n) is 4.83. The van der Waals surface area contributed by atoms with E-state index in [1.54, 1.807) is 0 Å². The molecule has 0 aromatic heterocycles. The Balaban J connectivity index is 0. The lowest BCUT2D eigenvalue weighted by atomic mass is 10.9. The van der Waals surface area contributed by atoms with E-state index in [1.807, 2.05) is 20.8 Å². The zero-order valence-corrected chi connectivity index (χ0v) is 17.1. The van der Waals surface area contributed by atoms with Gasteiger partial charge < -0.3 is 17.8 Å². The van der Waals surface area contributed by atoms with Crippen molar-refractivity contribution in [3.05, 3.63) is 0 Å². The van der Waals surface area contributed by atoms with Crippen molar-refractivity contribution in [3.8, 4) is 0 Å². The van der Waals surface area contributed by atoms with Crippen molar-refractivity contribution in [1.82, 2.24) is 4.57 Å². The van der Waals surface area contributed by atoms with E-state index in [9.17, 15) is 0 Å². The molecule has 0 atom stereocenters. The van der Waals surface area contributed by atoms with Gasteiger partial charge in [-0.3, -0.25) is 0 Å². The van der Waals surface area contributed by atoms with Crippen LogP contribution in [0.5, 0.6) is 0 Å². The Hall–Kier alpha value is 0.274. The number of rotatable bonds is 10. The van der Waals surface area contributed by atoms with Gasteiger partial charge in [-0.2, -0.15) is 0 Å². The molecule has 4 nitrogen and oxygen atoms in total. The summed E-state index contributed by atoms with van der Waals surface area (Å²) in [5.41, 5.74) is 0. The van der Waals surface area contributed by atoms with Crippen LogP contribution in [0, 0.1) is 0 Å². The molecule has 0 aliphatic carbocycles. The predicted octanol–water partition coefficient (Wildman–Crippen LogP) is 3.37. The van der Waals surface area contributed by atoms with Gasteiger partial charge in [-0.05, 0) is 53.0 Å². The average Bonchev–Trinajstić information content (AvgIpc) is 2.43. The summed E-state index contributed by atoms with van der Waals surface area (Å²) in [4.78, 5) is 0. The molecule has 0 radical (unpaired) electrons. The molecular formula is C14H37NO3Si2. The third kappa shape index (κ3) is 9.25. The molecule has 0 N–H and O–H groups in total. The van der Waals surface area contributed by atoms with Gasteiger partial charge in [0.25, 0.3) is 0 Å². The predicted molar refractivity (Wildman–Crippen MR) is 92.9 cm³/mol. The Morgan fingerprint density at radius 3 is 1.10 bits per heavy atom. The highest BCUT2D eigenvalue weighted by atomic mass is 28.3. The van der Waals surface area contributed by atoms with Gasteiger partial charge in [-0.1, -0.05) is 20.8 Å². The third-order valence-electron chi connectivity index (χ3n) is 3.83. The van der Waals surface area contributed by atoms with Gasteiger partial charge in [0.05, 0.1) is 0 Å². The molecule has 0 amide bonds. The SMILES string of the molecule is CCO[SiH](OCC)OCC.CC[Si](CC)(CC)N(C)C. The molecule has 0 aromatic carbocycles. The van der Waals surface area contributed by atoms with E-state index in [4.69, 9.17) is 13.3 Å². The Bertz CT molecular complexity index is 180. The van der Waals surface area contributed by atoms with Crippen molar-refractivity contribution in [2.45, 2.75) is 59.7 Å². The molecule has 0 aromatic rings. The summed E-state index contributed by atoms with van der Waals surface area (Å²) >= 11 is 0. The summed E-state index contributed by atoms with van der Waals surface area (Å²) in [7, 11) is 1.78. The van der Waals surface area contributed by atoms with Crippen molar-refractivity contribution >= 4 is 17.8 Å². The van der Waals surface area contributed by atoms with Crippen LogP contribution >= 0.6 is 0 Å². The van der Waals surface area contributed by atoms with Gasteiger partial charge in [-0.25, -0.2) is 0 Å². The number of hydrogen-bond donors (Lipinski definition) is 0. The molecule has 0 saturated carbocycles. The van der Waals surface area contributed by atoms with E-state index in [2.05, 4.69) is 39.4 Å². The molecule has 0 heterocycles. The smallest absolute Gasteiger partial charge is 0.376 e. The molecular weight excluding hydrogens is 286 g/mol. The fourth-order valence-corrected chi connectivity index (χ4v) is 6.75. The van der Waals surface area contributed by atoms with Gasteiger partial charge in [0.1, 0.15) is 8.24 Å². The van der Waals surface area contributed by atoms with Crippen molar-refractivity contribution < 1.29 is 13.3 Å². The Labute approximate surface area is 129 Å². The van der Waals surface area contributed by atoms with Crippen LogP contribution in [0.3, 0.4) is 0 Å². The monoisotopic (exact) mass is 323 g/mol. The quantitative estimate of drug-likeness (QED) is 0.577. The molecule has 0 fully saturated rings. The Morgan fingerprint density at radius 2 is 1.00 bits per heavy atom. The summed E-state index contributed by atoms with van der Waals surface area (Å²) in [6, 6.07) is 4.19. The first-order chi connectivity index (χ1) is 9.47. The summed E-state index contributed by atoms with van der Waals surface area (Å²) < 4.78 is 18.1. The molecule has 124 valence electrons. The lowest BCUT2D eigenvalue weighted by Gasteiger charge is -2.35. The molecule has 0 saturated heterocycles. The minimum absolute atomic E-state index is 0.677. The van der Waals surface area contributed by atoms with Gasteiger partial charge >= 0.3 is 9.53 Å². The number of nitrogens with zero attached hydrogens (tertiary/aromatic N) is 1. The fourth-order valence-electron chi connectivity index (χ4n) is 2.25. The topological polar surface area (TPSA) is 30.9 Å². The average molecular weight is 324 g/mol. The highest BCUT2D eigenvalue weighted by Crippen LogP contribution is 2.21. The molecule has 20 heavy (non-hydrogen) atoms. The van der Waals surface area contributed by atoms with Crippen LogP contribution in [0.25, 0.3) is 0 Å². The first kappa shape index (κ1) is 22.6. The molecule has 0 unspecified atom stereocenters. The van der Waals surface area contributed by atoms with Crippen LogP contribution in [0.15, 0.2) is 0 Å². The standard InChI is InChI=1S/C8H21NSi.C6H16O3Si/c1-6-10(7-2,8-3)9(4)5;1-4-7-10(8-5-2)9-6-3/h6-8H2,1-5H3;10H,4-6H2,1-3H3. The Morgan fingerprint density at radius 1 is 0.700 bits per heavy atom. The summed E-state index contributed by atoms with van der Waals surface area (Å²) in [5, 5.41) is 0. The van der Waals surface area contributed by atoms with Gasteiger partial charge in [0.2, 0.25) is 0 Å². The number of hydrogen-bond acceptors (Lipinski definition) is 4. The first-order valence-corrected chi connectivity index (χ1v) is 12.0. The van der Waals surface area contributed by atoms with Crippen molar-refractivity contribution in [1.29, 1.82) is 0 Å². The maximum absolute atomic E-state index is 5.22. The normalized spacial score (nSPS) is 11.7.